The summed E-state index contributed by atoms with van der Waals surface area (Å²) in [6.07, 6.45) is 4.00. The zero-order valence-corrected chi connectivity index (χ0v) is 14.4. The van der Waals surface area contributed by atoms with Gasteiger partial charge in [-0.2, -0.15) is 12.6 Å². The van der Waals surface area contributed by atoms with Crippen molar-refractivity contribution in [2.75, 3.05) is 12.4 Å². The van der Waals surface area contributed by atoms with Gasteiger partial charge < -0.3 is 4.74 Å². The number of thiol groups is 1. The van der Waals surface area contributed by atoms with Crippen molar-refractivity contribution in [2.24, 2.45) is 5.41 Å². The highest BCUT2D eigenvalue weighted by Gasteiger charge is 2.28. The van der Waals surface area contributed by atoms with E-state index in [1.165, 1.54) is 6.07 Å². The molecule has 0 radical (unpaired) electrons. The number of rotatable bonds is 8. The maximum Gasteiger partial charge on any atom is 0.169 e. The first-order valence-corrected chi connectivity index (χ1v) is 8.28. The molecule has 20 heavy (non-hydrogen) atoms. The summed E-state index contributed by atoms with van der Waals surface area (Å²) >= 11 is 7.58. The summed E-state index contributed by atoms with van der Waals surface area (Å²) in [6.45, 7) is 4.61. The van der Waals surface area contributed by atoms with Crippen LogP contribution in [0.4, 0.5) is 8.78 Å². The third kappa shape index (κ3) is 4.62. The van der Waals surface area contributed by atoms with Gasteiger partial charge in [0.15, 0.2) is 11.6 Å². The third-order valence-electron chi connectivity index (χ3n) is 3.38. The van der Waals surface area contributed by atoms with Gasteiger partial charge in [-0.3, -0.25) is 0 Å². The molecule has 0 aliphatic carbocycles. The molecule has 0 saturated heterocycles. The Labute approximate surface area is 133 Å². The molecule has 1 rings (SSSR count). The Morgan fingerprint density at radius 3 is 2.25 bits per heavy atom. The van der Waals surface area contributed by atoms with Crippen LogP contribution >= 0.6 is 28.6 Å². The largest absolute Gasteiger partial charge is 0.489 e. The lowest BCUT2D eigenvalue weighted by molar-refractivity contribution is 0.138. The van der Waals surface area contributed by atoms with Gasteiger partial charge in [0, 0.05) is 11.5 Å². The summed E-state index contributed by atoms with van der Waals surface area (Å²) in [5.74, 6) is -0.540. The Morgan fingerprint density at radius 2 is 1.80 bits per heavy atom. The molecule has 0 aliphatic heterocycles. The Bertz CT molecular complexity index is 411. The second-order valence-corrected chi connectivity index (χ2v) is 6.32. The van der Waals surface area contributed by atoms with Crippen LogP contribution in [0.5, 0.6) is 5.75 Å². The molecule has 0 unspecified atom stereocenters. The molecule has 0 N–H and O–H groups in total. The minimum Gasteiger partial charge on any atom is -0.489 e. The van der Waals surface area contributed by atoms with Crippen LogP contribution in [0.15, 0.2) is 16.6 Å². The van der Waals surface area contributed by atoms with Gasteiger partial charge in [0.05, 0.1) is 11.1 Å². The van der Waals surface area contributed by atoms with Gasteiger partial charge in [-0.1, -0.05) is 26.7 Å². The normalized spacial score (nSPS) is 11.7. The molecule has 0 atom stereocenters. The molecule has 0 aromatic heterocycles. The first kappa shape index (κ1) is 17.8. The molecule has 0 aliphatic rings. The highest BCUT2D eigenvalue weighted by molar-refractivity contribution is 9.10. The lowest BCUT2D eigenvalue weighted by atomic mass is 9.82. The van der Waals surface area contributed by atoms with Crippen molar-refractivity contribution in [1.82, 2.24) is 0 Å². The quantitative estimate of drug-likeness (QED) is 0.587. The van der Waals surface area contributed by atoms with Crippen molar-refractivity contribution in [2.45, 2.75) is 39.5 Å². The summed E-state index contributed by atoms with van der Waals surface area (Å²) in [4.78, 5) is 0. The van der Waals surface area contributed by atoms with Crippen molar-refractivity contribution >= 4 is 28.6 Å². The fourth-order valence-electron chi connectivity index (χ4n) is 2.43. The average Bonchev–Trinajstić information content (AvgIpc) is 2.37. The van der Waals surface area contributed by atoms with Crippen LogP contribution in [0.3, 0.4) is 0 Å². The van der Waals surface area contributed by atoms with Crippen LogP contribution in [0.1, 0.15) is 39.5 Å². The van der Waals surface area contributed by atoms with Crippen LogP contribution in [-0.2, 0) is 0 Å². The summed E-state index contributed by atoms with van der Waals surface area (Å²) < 4.78 is 32.7. The van der Waals surface area contributed by atoms with Crippen LogP contribution < -0.4 is 4.74 Å². The lowest BCUT2D eigenvalue weighted by Crippen LogP contribution is -2.31. The molecule has 5 heteroatoms. The predicted octanol–water partition coefficient (Wildman–Crippen LogP) is 5.62. The van der Waals surface area contributed by atoms with E-state index < -0.39 is 11.6 Å². The number of ether oxygens (including phenoxy) is 1. The summed E-state index contributed by atoms with van der Waals surface area (Å²) in [5.41, 5.74) is -0.0626. The highest BCUT2D eigenvalue weighted by Crippen LogP contribution is 2.35. The fourth-order valence-corrected chi connectivity index (χ4v) is 3.36. The monoisotopic (exact) mass is 366 g/mol. The van der Waals surface area contributed by atoms with Gasteiger partial charge in [0.2, 0.25) is 0 Å². The predicted molar refractivity (Wildman–Crippen MR) is 85.7 cm³/mol. The Morgan fingerprint density at radius 1 is 1.20 bits per heavy atom. The molecular formula is C15H21BrF2OS. The molecule has 1 aromatic rings. The maximum absolute atomic E-state index is 13.7. The van der Waals surface area contributed by atoms with Crippen molar-refractivity contribution in [3.05, 3.63) is 28.2 Å². The van der Waals surface area contributed by atoms with Gasteiger partial charge in [-0.15, -0.1) is 0 Å². The van der Waals surface area contributed by atoms with Crippen LogP contribution in [0.2, 0.25) is 0 Å². The molecular weight excluding hydrogens is 346 g/mol. The average molecular weight is 367 g/mol. The van der Waals surface area contributed by atoms with Crippen LogP contribution in [0.25, 0.3) is 0 Å². The molecule has 0 fully saturated rings. The standard InChI is InChI=1S/C15H21BrF2OS/c1-3-5-15(10-20,6-4-2)9-19-14-12(16)7-11(17)8-13(14)18/h7-8,20H,3-6,9-10H2,1-2H3. The fraction of sp³-hybridized carbons (Fsp3) is 0.600. The van der Waals surface area contributed by atoms with E-state index in [2.05, 4.69) is 42.4 Å². The minimum absolute atomic E-state index is 0.0626. The van der Waals surface area contributed by atoms with E-state index in [0.29, 0.717) is 16.8 Å². The summed E-state index contributed by atoms with van der Waals surface area (Å²) in [6, 6.07) is 2.04. The van der Waals surface area contributed by atoms with E-state index >= 15 is 0 Å². The summed E-state index contributed by atoms with van der Waals surface area (Å²) in [5, 5.41) is 0. The van der Waals surface area contributed by atoms with E-state index in [9.17, 15) is 8.78 Å². The van der Waals surface area contributed by atoms with Gasteiger partial charge >= 0.3 is 0 Å². The van der Waals surface area contributed by atoms with E-state index in [1.807, 2.05) is 0 Å². The van der Waals surface area contributed by atoms with E-state index in [4.69, 9.17) is 4.74 Å². The molecule has 0 heterocycles. The molecule has 1 nitrogen and oxygen atoms in total. The van der Waals surface area contributed by atoms with Crippen molar-refractivity contribution < 1.29 is 13.5 Å². The molecule has 1 aromatic carbocycles. The lowest BCUT2D eigenvalue weighted by Gasteiger charge is -2.32. The highest BCUT2D eigenvalue weighted by atomic mass is 79.9. The van der Waals surface area contributed by atoms with Gasteiger partial charge in [-0.05, 0) is 40.6 Å². The molecule has 114 valence electrons. The number of halogens is 3. The maximum atomic E-state index is 13.7. The Hall–Kier alpha value is -0.290. The first-order valence-electron chi connectivity index (χ1n) is 6.86. The zero-order valence-electron chi connectivity index (χ0n) is 11.9. The van der Waals surface area contributed by atoms with Crippen LogP contribution in [0, 0.1) is 17.0 Å². The molecule has 0 amide bonds. The summed E-state index contributed by atoms with van der Waals surface area (Å²) in [7, 11) is 0. The second-order valence-electron chi connectivity index (χ2n) is 5.15. The number of hydrogen-bond donors (Lipinski definition) is 1. The topological polar surface area (TPSA) is 9.23 Å². The van der Waals surface area contributed by atoms with Gasteiger partial charge in [0.25, 0.3) is 0 Å². The second kappa shape index (κ2) is 8.23. The van der Waals surface area contributed by atoms with Gasteiger partial charge in [0.1, 0.15) is 5.82 Å². The third-order valence-corrected chi connectivity index (χ3v) is 4.64. The van der Waals surface area contributed by atoms with Crippen molar-refractivity contribution in [3.8, 4) is 5.75 Å². The van der Waals surface area contributed by atoms with Crippen molar-refractivity contribution in [1.29, 1.82) is 0 Å². The van der Waals surface area contributed by atoms with E-state index in [-0.39, 0.29) is 11.2 Å². The van der Waals surface area contributed by atoms with Crippen molar-refractivity contribution in [3.63, 3.8) is 0 Å². The zero-order chi connectivity index (χ0) is 15.2. The van der Waals surface area contributed by atoms with E-state index in [0.717, 1.165) is 31.7 Å². The molecule has 0 spiro atoms. The SMILES string of the molecule is CCCC(CS)(CCC)COc1c(F)cc(F)cc1Br. The van der Waals surface area contributed by atoms with Crippen LogP contribution in [-0.4, -0.2) is 12.4 Å². The number of benzene rings is 1. The Kier molecular flexibility index (Phi) is 7.30. The smallest absolute Gasteiger partial charge is 0.169 e. The minimum atomic E-state index is -0.682. The molecule has 0 saturated carbocycles. The number of hydrogen-bond acceptors (Lipinski definition) is 2. The molecule has 0 bridgehead atoms. The first-order chi connectivity index (χ1) is 9.48. The van der Waals surface area contributed by atoms with E-state index in [1.54, 1.807) is 0 Å². The Balaban J connectivity index is 2.87. The van der Waals surface area contributed by atoms with Gasteiger partial charge in [-0.25, -0.2) is 8.78 Å².